The Labute approximate surface area is 120 Å². The number of hydrogen-bond acceptors (Lipinski definition) is 4. The number of thiophene rings is 1. The van der Waals surface area contributed by atoms with Gasteiger partial charge in [-0.15, -0.1) is 11.3 Å². The summed E-state index contributed by atoms with van der Waals surface area (Å²) in [4.78, 5) is 12.4. The second kappa shape index (κ2) is 7.38. The topological polar surface area (TPSA) is 38.3 Å². The van der Waals surface area contributed by atoms with Gasteiger partial charge >= 0.3 is 0 Å². The van der Waals surface area contributed by atoms with Gasteiger partial charge in [0.15, 0.2) is 0 Å². The first-order valence-corrected chi connectivity index (χ1v) is 8.23. The third-order valence-electron chi connectivity index (χ3n) is 2.71. The minimum atomic E-state index is -0.0283. The van der Waals surface area contributed by atoms with Gasteiger partial charge in [-0.2, -0.15) is 11.8 Å². The van der Waals surface area contributed by atoms with Crippen LogP contribution in [0.2, 0.25) is 4.34 Å². The van der Waals surface area contributed by atoms with Gasteiger partial charge in [0.1, 0.15) is 0 Å². The van der Waals surface area contributed by atoms with Gasteiger partial charge in [0.2, 0.25) is 0 Å². The van der Waals surface area contributed by atoms with Crippen molar-refractivity contribution in [3.05, 3.63) is 21.3 Å². The fraction of sp³-hybridized carbons (Fsp3) is 0.583. The monoisotopic (exact) mass is 305 g/mol. The highest BCUT2D eigenvalue weighted by atomic mass is 35.5. The van der Waals surface area contributed by atoms with Crippen LogP contribution in [0.3, 0.4) is 0 Å². The summed E-state index contributed by atoms with van der Waals surface area (Å²) in [5.41, 5.74) is 0. The van der Waals surface area contributed by atoms with Crippen molar-refractivity contribution in [3.8, 4) is 0 Å². The van der Waals surface area contributed by atoms with Crippen molar-refractivity contribution in [2.75, 3.05) is 25.5 Å². The molecule has 2 rings (SSSR count). The minimum absolute atomic E-state index is 0.0283. The normalized spacial score (nSPS) is 16.7. The summed E-state index contributed by atoms with van der Waals surface area (Å²) in [5.74, 6) is 0.926. The van der Waals surface area contributed by atoms with E-state index in [4.69, 9.17) is 16.3 Å². The van der Waals surface area contributed by atoms with Crippen molar-refractivity contribution in [3.63, 3.8) is 0 Å². The van der Waals surface area contributed by atoms with E-state index in [9.17, 15) is 4.79 Å². The summed E-state index contributed by atoms with van der Waals surface area (Å²) in [6, 6.07) is 3.51. The molecule has 1 fully saturated rings. The van der Waals surface area contributed by atoms with Gasteiger partial charge in [0, 0.05) is 30.8 Å². The van der Waals surface area contributed by atoms with E-state index in [2.05, 4.69) is 5.32 Å². The molecule has 1 N–H and O–H groups in total. The average Bonchev–Trinajstić information content (AvgIpc) is 2.82. The van der Waals surface area contributed by atoms with Crippen molar-refractivity contribution in [2.45, 2.75) is 18.1 Å². The maximum Gasteiger partial charge on any atom is 0.261 e. The summed E-state index contributed by atoms with van der Waals surface area (Å²) in [6.07, 6.45) is 2.25. The number of halogens is 1. The quantitative estimate of drug-likeness (QED) is 0.850. The smallest absolute Gasteiger partial charge is 0.261 e. The van der Waals surface area contributed by atoms with Gasteiger partial charge in [0.05, 0.1) is 9.21 Å². The maximum absolute atomic E-state index is 11.7. The molecule has 1 saturated heterocycles. The highest BCUT2D eigenvalue weighted by Gasteiger charge is 2.14. The van der Waals surface area contributed by atoms with Crippen LogP contribution in [0.5, 0.6) is 0 Å². The Morgan fingerprint density at radius 3 is 2.94 bits per heavy atom. The van der Waals surface area contributed by atoms with Crippen LogP contribution in [-0.2, 0) is 4.74 Å². The molecule has 0 aliphatic carbocycles. The van der Waals surface area contributed by atoms with E-state index in [0.29, 0.717) is 21.0 Å². The Kier molecular flexibility index (Phi) is 5.82. The number of thioether (sulfide) groups is 1. The highest BCUT2D eigenvalue weighted by Crippen LogP contribution is 2.22. The predicted molar refractivity (Wildman–Crippen MR) is 78.0 cm³/mol. The minimum Gasteiger partial charge on any atom is -0.381 e. The first-order valence-electron chi connectivity index (χ1n) is 5.98. The Bertz CT molecular complexity index is 391. The van der Waals surface area contributed by atoms with Crippen LogP contribution in [0, 0.1) is 0 Å². The van der Waals surface area contributed by atoms with Crippen molar-refractivity contribution >= 4 is 40.6 Å². The molecule has 0 spiro atoms. The predicted octanol–water partition coefficient (Wildman–Crippen LogP) is 3.04. The molecule has 100 valence electrons. The molecule has 1 aromatic rings. The molecule has 0 bridgehead atoms. The van der Waals surface area contributed by atoms with Crippen molar-refractivity contribution < 1.29 is 9.53 Å². The van der Waals surface area contributed by atoms with Crippen molar-refractivity contribution in [2.24, 2.45) is 0 Å². The van der Waals surface area contributed by atoms with E-state index in [0.717, 1.165) is 31.8 Å². The summed E-state index contributed by atoms with van der Waals surface area (Å²) in [6.45, 7) is 2.45. The van der Waals surface area contributed by atoms with E-state index < -0.39 is 0 Å². The molecule has 2 heterocycles. The Hall–Kier alpha value is -0.230. The summed E-state index contributed by atoms with van der Waals surface area (Å²) in [7, 11) is 0. The molecule has 0 atom stereocenters. The van der Waals surface area contributed by atoms with E-state index in [1.54, 1.807) is 12.1 Å². The molecule has 6 heteroatoms. The van der Waals surface area contributed by atoms with Crippen LogP contribution in [0.4, 0.5) is 0 Å². The molecule has 0 unspecified atom stereocenters. The zero-order chi connectivity index (χ0) is 12.8. The van der Waals surface area contributed by atoms with E-state index >= 15 is 0 Å². The second-order valence-electron chi connectivity index (χ2n) is 4.04. The molecule has 1 aromatic heterocycles. The zero-order valence-electron chi connectivity index (χ0n) is 9.99. The first kappa shape index (κ1) is 14.2. The lowest BCUT2D eigenvalue weighted by molar-refractivity contribution is 0.0959. The van der Waals surface area contributed by atoms with Gasteiger partial charge in [-0.1, -0.05) is 11.6 Å². The van der Waals surface area contributed by atoms with Crippen LogP contribution in [0.1, 0.15) is 22.5 Å². The number of carbonyl (C=O) groups excluding carboxylic acids is 1. The first-order chi connectivity index (χ1) is 8.75. The molecule has 0 radical (unpaired) electrons. The molecule has 1 amide bonds. The van der Waals surface area contributed by atoms with Crippen LogP contribution in [0.15, 0.2) is 12.1 Å². The Morgan fingerprint density at radius 2 is 2.28 bits per heavy atom. The third-order valence-corrected chi connectivity index (χ3v) is 5.32. The SMILES string of the molecule is O=C(NCCSC1CCOCC1)c1ccc(Cl)s1. The molecule has 0 saturated carbocycles. The van der Waals surface area contributed by atoms with Crippen molar-refractivity contribution in [1.82, 2.24) is 5.32 Å². The van der Waals surface area contributed by atoms with Crippen molar-refractivity contribution in [1.29, 1.82) is 0 Å². The highest BCUT2D eigenvalue weighted by molar-refractivity contribution is 7.99. The van der Waals surface area contributed by atoms with Gasteiger partial charge < -0.3 is 10.1 Å². The van der Waals surface area contributed by atoms with Crippen LogP contribution in [0.25, 0.3) is 0 Å². The number of nitrogens with one attached hydrogen (secondary N) is 1. The molecule has 1 aliphatic heterocycles. The lowest BCUT2D eigenvalue weighted by Gasteiger charge is -2.21. The zero-order valence-corrected chi connectivity index (χ0v) is 12.4. The fourth-order valence-corrected chi connectivity index (χ4v) is 3.79. The molecular formula is C12H16ClNO2S2. The molecule has 3 nitrogen and oxygen atoms in total. The van der Waals surface area contributed by atoms with Gasteiger partial charge in [-0.25, -0.2) is 0 Å². The van der Waals surface area contributed by atoms with Gasteiger partial charge in [0.25, 0.3) is 5.91 Å². The molecule has 0 aromatic carbocycles. The van der Waals surface area contributed by atoms with Crippen LogP contribution in [-0.4, -0.2) is 36.7 Å². The Balaban J connectivity index is 1.61. The number of amides is 1. The fourth-order valence-electron chi connectivity index (χ4n) is 1.76. The Morgan fingerprint density at radius 1 is 1.50 bits per heavy atom. The molecule has 1 aliphatic rings. The number of ether oxygens (including phenoxy) is 1. The maximum atomic E-state index is 11.7. The van der Waals surface area contributed by atoms with E-state index in [-0.39, 0.29) is 5.91 Å². The van der Waals surface area contributed by atoms with E-state index in [1.807, 2.05) is 11.8 Å². The van der Waals surface area contributed by atoms with Gasteiger partial charge in [-0.05, 0) is 25.0 Å². The second-order valence-corrected chi connectivity index (χ2v) is 7.17. The standard InChI is InChI=1S/C12H16ClNO2S2/c13-11-2-1-10(18-11)12(15)14-5-8-17-9-3-6-16-7-4-9/h1-2,9H,3-8H2,(H,14,15). The lowest BCUT2D eigenvalue weighted by Crippen LogP contribution is -2.26. The summed E-state index contributed by atoms with van der Waals surface area (Å²) in [5, 5.41) is 3.60. The average molecular weight is 306 g/mol. The molecular weight excluding hydrogens is 290 g/mol. The van der Waals surface area contributed by atoms with Crippen LogP contribution < -0.4 is 5.32 Å². The third kappa shape index (κ3) is 4.46. The number of rotatable bonds is 5. The lowest BCUT2D eigenvalue weighted by atomic mass is 10.2. The van der Waals surface area contributed by atoms with Crippen LogP contribution >= 0.6 is 34.7 Å². The van der Waals surface area contributed by atoms with E-state index in [1.165, 1.54) is 11.3 Å². The largest absolute Gasteiger partial charge is 0.381 e. The molecule has 18 heavy (non-hydrogen) atoms. The number of carbonyl (C=O) groups is 1. The van der Waals surface area contributed by atoms with Gasteiger partial charge in [-0.3, -0.25) is 4.79 Å². The summed E-state index contributed by atoms with van der Waals surface area (Å²) >= 11 is 9.02. The summed E-state index contributed by atoms with van der Waals surface area (Å²) < 4.78 is 5.96. The number of hydrogen-bond donors (Lipinski definition) is 1.